The van der Waals surface area contributed by atoms with E-state index < -0.39 is 11.8 Å². The van der Waals surface area contributed by atoms with Crippen LogP contribution in [0, 0.1) is 0 Å². The van der Waals surface area contributed by atoms with Crippen molar-refractivity contribution in [1.29, 1.82) is 0 Å². The molecule has 2 N–H and O–H groups in total. The molecule has 2 amide bonds. The molecule has 3 heterocycles. The van der Waals surface area contributed by atoms with Gasteiger partial charge in [-0.05, 0) is 48.5 Å². The zero-order chi connectivity index (χ0) is 20.2. The highest BCUT2D eigenvalue weighted by atomic mass is 16.5. The summed E-state index contributed by atoms with van der Waals surface area (Å²) in [6, 6.07) is 15.7. The Labute approximate surface area is 166 Å². The molecule has 0 fully saturated rings. The van der Waals surface area contributed by atoms with Gasteiger partial charge in [-0.3, -0.25) is 14.0 Å². The van der Waals surface area contributed by atoms with E-state index in [2.05, 4.69) is 15.6 Å². The van der Waals surface area contributed by atoms with Crippen LogP contribution in [0.5, 0.6) is 5.75 Å². The number of nitrogens with one attached hydrogen (secondary N) is 2. The van der Waals surface area contributed by atoms with Crippen LogP contribution in [-0.4, -0.2) is 28.3 Å². The van der Waals surface area contributed by atoms with E-state index in [1.807, 2.05) is 0 Å². The van der Waals surface area contributed by atoms with Gasteiger partial charge in [-0.2, -0.15) is 0 Å². The van der Waals surface area contributed by atoms with Gasteiger partial charge in [0.25, 0.3) is 11.8 Å². The molecular weight excluding hydrogens is 372 g/mol. The van der Waals surface area contributed by atoms with Crippen LogP contribution in [0.25, 0.3) is 5.52 Å². The Morgan fingerprint density at radius 2 is 1.90 bits per heavy atom. The van der Waals surface area contributed by atoms with Gasteiger partial charge in [0.05, 0.1) is 25.4 Å². The van der Waals surface area contributed by atoms with Crippen molar-refractivity contribution in [3.8, 4) is 5.75 Å². The molecule has 0 saturated heterocycles. The highest BCUT2D eigenvalue weighted by Gasteiger charge is 2.21. The molecule has 8 heteroatoms. The van der Waals surface area contributed by atoms with Crippen molar-refractivity contribution in [3.05, 3.63) is 84.3 Å². The Bertz CT molecular complexity index is 1150. The lowest BCUT2D eigenvalue weighted by Gasteiger charge is -2.05. The Hall–Kier alpha value is -4.07. The fourth-order valence-electron chi connectivity index (χ4n) is 2.89. The molecule has 0 spiro atoms. The number of benzene rings is 1. The molecule has 8 nitrogen and oxygen atoms in total. The number of fused-ring (bicyclic) bond motifs is 1. The first-order chi connectivity index (χ1) is 14.2. The van der Waals surface area contributed by atoms with Crippen LogP contribution in [0.15, 0.2) is 71.5 Å². The van der Waals surface area contributed by atoms with Gasteiger partial charge >= 0.3 is 0 Å². The van der Waals surface area contributed by atoms with Gasteiger partial charge in [0.1, 0.15) is 11.5 Å². The number of pyridine rings is 1. The molecule has 0 unspecified atom stereocenters. The summed E-state index contributed by atoms with van der Waals surface area (Å²) in [4.78, 5) is 29.7. The van der Waals surface area contributed by atoms with Crippen molar-refractivity contribution in [1.82, 2.24) is 14.7 Å². The fraction of sp³-hybridized carbons (Fsp3) is 0.0952. The summed E-state index contributed by atoms with van der Waals surface area (Å²) in [6.45, 7) is 0.227. The minimum Gasteiger partial charge on any atom is -0.497 e. The van der Waals surface area contributed by atoms with Gasteiger partial charge in [0, 0.05) is 11.9 Å². The van der Waals surface area contributed by atoms with Crippen LogP contribution in [0.4, 0.5) is 5.69 Å². The van der Waals surface area contributed by atoms with E-state index in [1.54, 1.807) is 72.3 Å². The van der Waals surface area contributed by atoms with Crippen LogP contribution in [0.2, 0.25) is 0 Å². The average Bonchev–Trinajstić information content (AvgIpc) is 3.40. The smallest absolute Gasteiger partial charge is 0.292 e. The number of hydrogen-bond acceptors (Lipinski definition) is 5. The van der Waals surface area contributed by atoms with E-state index in [9.17, 15) is 9.59 Å². The fourth-order valence-corrected chi connectivity index (χ4v) is 2.89. The van der Waals surface area contributed by atoms with Crippen molar-refractivity contribution in [2.45, 2.75) is 6.54 Å². The molecule has 0 aliphatic heterocycles. The predicted molar refractivity (Wildman–Crippen MR) is 106 cm³/mol. The van der Waals surface area contributed by atoms with Crippen molar-refractivity contribution in [3.63, 3.8) is 0 Å². The number of hydrogen-bond donors (Lipinski definition) is 2. The number of anilines is 1. The van der Waals surface area contributed by atoms with Gasteiger partial charge < -0.3 is 19.8 Å². The predicted octanol–water partition coefficient (Wildman–Crippen LogP) is 3.12. The van der Waals surface area contributed by atoms with Crippen LogP contribution in [0.1, 0.15) is 26.9 Å². The molecule has 4 rings (SSSR count). The van der Waals surface area contributed by atoms with Gasteiger partial charge in [0.2, 0.25) is 5.82 Å². The Morgan fingerprint density at radius 3 is 2.62 bits per heavy atom. The van der Waals surface area contributed by atoms with Crippen LogP contribution in [-0.2, 0) is 6.54 Å². The monoisotopic (exact) mass is 390 g/mol. The maximum Gasteiger partial charge on any atom is 0.292 e. The van der Waals surface area contributed by atoms with Crippen molar-refractivity contribution in [2.24, 2.45) is 0 Å². The summed E-state index contributed by atoms with van der Waals surface area (Å²) in [5.41, 5.74) is 1.29. The number of methoxy groups -OCH3 is 1. The van der Waals surface area contributed by atoms with Crippen molar-refractivity contribution < 1.29 is 18.7 Å². The van der Waals surface area contributed by atoms with E-state index in [0.717, 1.165) is 0 Å². The number of carbonyl (C=O) groups is 2. The zero-order valence-corrected chi connectivity index (χ0v) is 15.6. The zero-order valence-electron chi connectivity index (χ0n) is 15.6. The van der Waals surface area contributed by atoms with E-state index in [-0.39, 0.29) is 18.1 Å². The first kappa shape index (κ1) is 18.3. The normalized spacial score (nSPS) is 10.7. The number of rotatable bonds is 6. The summed E-state index contributed by atoms with van der Waals surface area (Å²) in [7, 11) is 1.57. The van der Waals surface area contributed by atoms with Crippen LogP contribution < -0.4 is 15.4 Å². The molecule has 0 saturated carbocycles. The summed E-state index contributed by atoms with van der Waals surface area (Å²) in [6.07, 6.45) is 3.23. The second-order valence-corrected chi connectivity index (χ2v) is 6.18. The number of furan rings is 1. The van der Waals surface area contributed by atoms with E-state index in [4.69, 9.17) is 9.15 Å². The topological polar surface area (TPSA) is 97.9 Å². The molecular formula is C21H18N4O4. The number of amides is 2. The molecule has 0 radical (unpaired) electrons. The Morgan fingerprint density at radius 1 is 1.07 bits per heavy atom. The third-order valence-corrected chi connectivity index (χ3v) is 4.32. The Balaban J connectivity index is 1.59. The lowest BCUT2D eigenvalue weighted by molar-refractivity contribution is 0.0945. The minimum absolute atomic E-state index is 0.111. The van der Waals surface area contributed by atoms with Crippen molar-refractivity contribution in [2.75, 3.05) is 12.4 Å². The quantitative estimate of drug-likeness (QED) is 0.527. The molecule has 3 aromatic heterocycles. The summed E-state index contributed by atoms with van der Waals surface area (Å²) >= 11 is 0. The average molecular weight is 390 g/mol. The lowest BCUT2D eigenvalue weighted by Crippen LogP contribution is -2.23. The molecule has 4 aromatic rings. The number of ether oxygens (including phenoxy) is 1. The van der Waals surface area contributed by atoms with Crippen molar-refractivity contribution >= 4 is 23.0 Å². The number of carbonyl (C=O) groups excluding carboxylic acids is 2. The molecule has 1 aromatic carbocycles. The van der Waals surface area contributed by atoms with E-state index >= 15 is 0 Å². The van der Waals surface area contributed by atoms with Gasteiger partial charge in [0.15, 0.2) is 5.69 Å². The van der Waals surface area contributed by atoms with Gasteiger partial charge in [-0.25, -0.2) is 4.98 Å². The second kappa shape index (κ2) is 7.89. The molecule has 0 bridgehead atoms. The largest absolute Gasteiger partial charge is 0.497 e. The molecule has 29 heavy (non-hydrogen) atoms. The maximum absolute atomic E-state index is 12.8. The highest BCUT2D eigenvalue weighted by Crippen LogP contribution is 2.18. The van der Waals surface area contributed by atoms with E-state index in [1.165, 1.54) is 6.26 Å². The molecule has 0 aliphatic rings. The minimum atomic E-state index is -0.429. The maximum atomic E-state index is 12.8. The molecule has 146 valence electrons. The highest BCUT2D eigenvalue weighted by molar-refractivity contribution is 6.06. The van der Waals surface area contributed by atoms with Crippen LogP contribution in [0.3, 0.4) is 0 Å². The number of imidazole rings is 1. The SMILES string of the molecule is COc1ccc(NC(=O)c2nc(C(=O)NCc3ccco3)c3ccccn23)cc1. The molecule has 0 atom stereocenters. The Kier molecular flexibility index (Phi) is 4.98. The van der Waals surface area contributed by atoms with Gasteiger partial charge in [-0.1, -0.05) is 6.07 Å². The first-order valence-corrected chi connectivity index (χ1v) is 8.89. The van der Waals surface area contributed by atoms with Crippen LogP contribution >= 0.6 is 0 Å². The second-order valence-electron chi connectivity index (χ2n) is 6.18. The van der Waals surface area contributed by atoms with E-state index in [0.29, 0.717) is 22.7 Å². The summed E-state index contributed by atoms with van der Waals surface area (Å²) in [5.74, 6) is 0.596. The molecule has 0 aliphatic carbocycles. The number of nitrogens with zero attached hydrogens (tertiary/aromatic N) is 2. The summed E-state index contributed by atoms with van der Waals surface area (Å²) < 4.78 is 11.9. The third-order valence-electron chi connectivity index (χ3n) is 4.32. The third kappa shape index (κ3) is 3.81. The first-order valence-electron chi connectivity index (χ1n) is 8.89. The summed E-state index contributed by atoms with van der Waals surface area (Å²) in [5, 5.41) is 5.54. The standard InChI is InChI=1S/C21H18N4O4/c1-28-15-9-7-14(8-10-15)23-21(27)19-24-18(17-6-2-3-11-25(17)19)20(26)22-13-16-5-4-12-29-16/h2-12H,13H2,1H3,(H,22,26)(H,23,27). The lowest BCUT2D eigenvalue weighted by atomic mass is 10.3. The van der Waals surface area contributed by atoms with Gasteiger partial charge in [-0.15, -0.1) is 0 Å². The number of aromatic nitrogens is 2.